The number of nitrogens with zero attached hydrogens (tertiary/aromatic N) is 2. The summed E-state index contributed by atoms with van der Waals surface area (Å²) in [7, 11) is 1.65. The molecule has 2 aromatic carbocycles. The Bertz CT molecular complexity index is 738. The molecule has 1 N–H and O–H groups in total. The maximum atomic E-state index is 12.6. The highest BCUT2D eigenvalue weighted by atomic mass is 16.5. The number of ether oxygens (including phenoxy) is 1. The third-order valence-corrected chi connectivity index (χ3v) is 5.17. The molecule has 2 amide bonds. The molecule has 0 spiro atoms. The van der Waals surface area contributed by atoms with Crippen LogP contribution < -0.4 is 10.1 Å². The molecule has 2 aromatic rings. The van der Waals surface area contributed by atoms with Crippen molar-refractivity contribution in [3.8, 4) is 5.75 Å². The molecule has 0 radical (unpaired) electrons. The summed E-state index contributed by atoms with van der Waals surface area (Å²) < 4.78 is 5.24. The fourth-order valence-corrected chi connectivity index (χ4v) is 3.70. The van der Waals surface area contributed by atoms with Crippen LogP contribution in [0.4, 0.5) is 4.79 Å². The Morgan fingerprint density at radius 3 is 2.37 bits per heavy atom. The van der Waals surface area contributed by atoms with Gasteiger partial charge in [0.05, 0.1) is 7.11 Å². The lowest BCUT2D eigenvalue weighted by Crippen LogP contribution is -2.59. The van der Waals surface area contributed by atoms with Gasteiger partial charge in [0.1, 0.15) is 5.75 Å². The van der Waals surface area contributed by atoms with Gasteiger partial charge in [-0.2, -0.15) is 0 Å². The van der Waals surface area contributed by atoms with E-state index in [0.717, 1.165) is 30.9 Å². The smallest absolute Gasteiger partial charge is 0.317 e. The van der Waals surface area contributed by atoms with Crippen LogP contribution in [0.25, 0.3) is 0 Å². The summed E-state index contributed by atoms with van der Waals surface area (Å²) in [5.74, 6) is 0.804. The second-order valence-corrected chi connectivity index (χ2v) is 7.27. The highest BCUT2D eigenvalue weighted by Gasteiger charge is 2.31. The van der Waals surface area contributed by atoms with Crippen LogP contribution in [0.3, 0.4) is 0 Å². The second-order valence-electron chi connectivity index (χ2n) is 7.27. The number of amides is 2. The van der Waals surface area contributed by atoms with Crippen LogP contribution >= 0.6 is 0 Å². The van der Waals surface area contributed by atoms with Gasteiger partial charge in [0, 0.05) is 38.3 Å². The number of methoxy groups -OCH3 is 1. The number of carbonyl (C=O) groups excluding carboxylic acids is 1. The monoisotopic (exact) mass is 367 g/mol. The van der Waals surface area contributed by atoms with E-state index in [1.807, 2.05) is 35.2 Å². The molecule has 0 bridgehead atoms. The average Bonchev–Trinajstić information content (AvgIpc) is 2.69. The third-order valence-electron chi connectivity index (χ3n) is 5.17. The van der Waals surface area contributed by atoms with Gasteiger partial charge in [-0.25, -0.2) is 4.79 Å². The Hall–Kier alpha value is -2.53. The minimum atomic E-state index is -0.00381. The van der Waals surface area contributed by atoms with E-state index in [1.54, 1.807) is 7.11 Å². The van der Waals surface area contributed by atoms with Crippen LogP contribution in [0.2, 0.25) is 0 Å². The predicted molar refractivity (Wildman–Crippen MR) is 108 cm³/mol. The summed E-state index contributed by atoms with van der Waals surface area (Å²) in [4.78, 5) is 17.0. The molecule has 5 nitrogen and oxygen atoms in total. The number of hydrogen-bond donors (Lipinski definition) is 1. The maximum absolute atomic E-state index is 12.6. The van der Waals surface area contributed by atoms with Gasteiger partial charge in [-0.1, -0.05) is 42.5 Å². The molecule has 144 valence electrons. The van der Waals surface area contributed by atoms with Gasteiger partial charge in [-0.3, -0.25) is 4.90 Å². The molecule has 2 atom stereocenters. The van der Waals surface area contributed by atoms with Gasteiger partial charge >= 0.3 is 6.03 Å². The van der Waals surface area contributed by atoms with Crippen molar-refractivity contribution in [1.82, 2.24) is 15.1 Å². The Labute approximate surface area is 161 Å². The lowest BCUT2D eigenvalue weighted by molar-refractivity contribution is 0.0491. The number of urea groups is 1. The Balaban J connectivity index is 1.54. The van der Waals surface area contributed by atoms with Crippen LogP contribution in [0.5, 0.6) is 5.75 Å². The van der Waals surface area contributed by atoms with Crippen molar-refractivity contribution >= 4 is 6.03 Å². The molecule has 1 aliphatic rings. The quantitative estimate of drug-likeness (QED) is 0.880. The molecule has 0 saturated carbocycles. The minimum Gasteiger partial charge on any atom is -0.497 e. The van der Waals surface area contributed by atoms with Gasteiger partial charge in [-0.15, -0.1) is 0 Å². The molecule has 1 aliphatic heterocycles. The van der Waals surface area contributed by atoms with Crippen LogP contribution in [0, 0.1) is 0 Å². The van der Waals surface area contributed by atoms with E-state index in [1.165, 1.54) is 5.56 Å². The van der Waals surface area contributed by atoms with Gasteiger partial charge in [-0.05, 0) is 37.1 Å². The van der Waals surface area contributed by atoms with E-state index in [-0.39, 0.29) is 6.03 Å². The Morgan fingerprint density at radius 2 is 1.70 bits per heavy atom. The van der Waals surface area contributed by atoms with Crippen molar-refractivity contribution in [2.45, 2.75) is 39.0 Å². The maximum Gasteiger partial charge on any atom is 0.317 e. The van der Waals surface area contributed by atoms with Gasteiger partial charge in [0.2, 0.25) is 0 Å². The van der Waals surface area contributed by atoms with Crippen molar-refractivity contribution in [2.75, 3.05) is 20.2 Å². The zero-order chi connectivity index (χ0) is 19.2. The first-order valence-electron chi connectivity index (χ1n) is 9.52. The highest BCUT2D eigenvalue weighted by molar-refractivity contribution is 5.74. The molecule has 0 aromatic heterocycles. The topological polar surface area (TPSA) is 44.8 Å². The van der Waals surface area contributed by atoms with Crippen molar-refractivity contribution < 1.29 is 9.53 Å². The number of nitrogens with one attached hydrogen (secondary N) is 1. The number of piperazine rings is 1. The first-order valence-corrected chi connectivity index (χ1v) is 9.52. The summed E-state index contributed by atoms with van der Waals surface area (Å²) in [5.41, 5.74) is 2.35. The normalized spacial score (nSPS) is 20.3. The average molecular weight is 367 g/mol. The van der Waals surface area contributed by atoms with E-state index in [9.17, 15) is 4.79 Å². The summed E-state index contributed by atoms with van der Waals surface area (Å²) in [6.07, 6.45) is 0. The fraction of sp³-hybridized carbons (Fsp3) is 0.409. The van der Waals surface area contributed by atoms with E-state index in [0.29, 0.717) is 18.6 Å². The molecule has 3 rings (SSSR count). The van der Waals surface area contributed by atoms with Gasteiger partial charge in [0.15, 0.2) is 0 Å². The lowest BCUT2D eigenvalue weighted by atomic mass is 10.1. The molecule has 5 heteroatoms. The molecule has 27 heavy (non-hydrogen) atoms. The zero-order valence-electron chi connectivity index (χ0n) is 16.4. The molecule has 0 unspecified atom stereocenters. The Morgan fingerprint density at radius 1 is 1.04 bits per heavy atom. The molecule has 1 fully saturated rings. The van der Waals surface area contributed by atoms with Crippen molar-refractivity contribution in [1.29, 1.82) is 0 Å². The van der Waals surface area contributed by atoms with Gasteiger partial charge < -0.3 is 15.0 Å². The van der Waals surface area contributed by atoms with Crippen molar-refractivity contribution in [3.63, 3.8) is 0 Å². The fourth-order valence-electron chi connectivity index (χ4n) is 3.70. The summed E-state index contributed by atoms with van der Waals surface area (Å²) in [6.45, 7) is 7.29. The molecule has 0 aliphatic carbocycles. The first kappa shape index (κ1) is 19.2. The SMILES string of the molecule is COc1cccc(CNC(=O)N2C[C@@H](C)N(Cc3ccccc3)[C@@H](C)C2)c1. The van der Waals surface area contributed by atoms with Gasteiger partial charge in [0.25, 0.3) is 0 Å². The molecule has 1 heterocycles. The Kier molecular flexibility index (Phi) is 6.35. The van der Waals surface area contributed by atoms with E-state index < -0.39 is 0 Å². The number of rotatable bonds is 5. The minimum absolute atomic E-state index is 0.00381. The molecular formula is C22H29N3O2. The summed E-state index contributed by atoms with van der Waals surface area (Å²) >= 11 is 0. The van der Waals surface area contributed by atoms with E-state index in [2.05, 4.69) is 48.3 Å². The number of benzene rings is 2. The lowest BCUT2D eigenvalue weighted by Gasteiger charge is -2.44. The van der Waals surface area contributed by atoms with E-state index in [4.69, 9.17) is 4.74 Å². The number of carbonyl (C=O) groups is 1. The highest BCUT2D eigenvalue weighted by Crippen LogP contribution is 2.19. The van der Waals surface area contributed by atoms with Crippen LogP contribution in [-0.4, -0.2) is 48.1 Å². The number of hydrogen-bond acceptors (Lipinski definition) is 3. The largest absolute Gasteiger partial charge is 0.497 e. The van der Waals surface area contributed by atoms with Crippen molar-refractivity contribution in [2.24, 2.45) is 0 Å². The standard InChI is InChI=1S/C22H29N3O2/c1-17-14-24(15-18(2)25(17)16-19-8-5-4-6-9-19)22(26)23-13-20-10-7-11-21(12-20)27-3/h4-12,17-18H,13-16H2,1-3H3,(H,23,26)/t17-,18+. The predicted octanol–water partition coefficient (Wildman–Crippen LogP) is 3.50. The molecule has 1 saturated heterocycles. The summed E-state index contributed by atoms with van der Waals surface area (Å²) in [6, 6.07) is 18.9. The van der Waals surface area contributed by atoms with Crippen LogP contribution in [0.15, 0.2) is 54.6 Å². The van der Waals surface area contributed by atoms with Crippen molar-refractivity contribution in [3.05, 3.63) is 65.7 Å². The summed E-state index contributed by atoms with van der Waals surface area (Å²) in [5, 5.41) is 3.04. The third kappa shape index (κ3) is 5.01. The van der Waals surface area contributed by atoms with E-state index >= 15 is 0 Å². The first-order chi connectivity index (χ1) is 13.1. The van der Waals surface area contributed by atoms with Crippen LogP contribution in [0.1, 0.15) is 25.0 Å². The zero-order valence-corrected chi connectivity index (χ0v) is 16.4. The van der Waals surface area contributed by atoms with Crippen LogP contribution in [-0.2, 0) is 13.1 Å². The second kappa shape index (κ2) is 8.91. The molecular weight excluding hydrogens is 338 g/mol.